The molecule has 4 heterocycles. The van der Waals surface area contributed by atoms with Gasteiger partial charge in [-0.2, -0.15) is 0 Å². The number of aryl methyl sites for hydroxylation is 1. The molecule has 1 N–H and O–H groups in total. The van der Waals surface area contributed by atoms with Gasteiger partial charge in [0.15, 0.2) is 0 Å². The number of piperidine rings is 1. The maximum Gasteiger partial charge on any atom is 0.0969 e. The standard InChI is InChI=1S/C25H38N4O2S/c1-5-20-12-21-22(32-20)6-11-31-25(21)9-10-28(18(4)13-25)14-19-15-29(27-26-19)16-24(7-8-24)23(30)17(2)3/h12,15,17-18,23,30H,5-11,13-14,16H2,1-4H3/t18-,23?,25+/m0/s1. The second kappa shape index (κ2) is 8.49. The minimum Gasteiger partial charge on any atom is -0.392 e. The fourth-order valence-corrected chi connectivity index (χ4v) is 7.12. The molecule has 1 aliphatic carbocycles. The normalized spacial score (nSPS) is 28.2. The maximum atomic E-state index is 10.6. The summed E-state index contributed by atoms with van der Waals surface area (Å²) in [5.74, 6) is 0.279. The van der Waals surface area contributed by atoms with Gasteiger partial charge in [0.25, 0.3) is 0 Å². The van der Waals surface area contributed by atoms with Crippen LogP contribution in [0.4, 0.5) is 0 Å². The summed E-state index contributed by atoms with van der Waals surface area (Å²) in [4.78, 5) is 5.57. The maximum absolute atomic E-state index is 10.6. The number of aliphatic hydroxyl groups is 1. The fraction of sp³-hybridized carbons (Fsp3) is 0.760. The Kier molecular flexibility index (Phi) is 5.98. The Balaban J connectivity index is 1.23. The molecule has 2 aliphatic heterocycles. The predicted molar refractivity (Wildman–Crippen MR) is 127 cm³/mol. The number of aromatic nitrogens is 3. The van der Waals surface area contributed by atoms with E-state index in [9.17, 15) is 5.11 Å². The van der Waals surface area contributed by atoms with Gasteiger partial charge < -0.3 is 9.84 Å². The highest BCUT2D eigenvalue weighted by Gasteiger charge is 2.50. The highest BCUT2D eigenvalue weighted by Crippen LogP contribution is 2.52. The number of ether oxygens (including phenoxy) is 1. The number of hydrogen-bond acceptors (Lipinski definition) is 6. The van der Waals surface area contributed by atoms with Crippen LogP contribution in [-0.2, 0) is 36.3 Å². The third-order valence-corrected chi connectivity index (χ3v) is 9.38. The average molecular weight is 459 g/mol. The Hall–Kier alpha value is -1.28. The van der Waals surface area contributed by atoms with Gasteiger partial charge in [0.05, 0.1) is 30.6 Å². The Bertz CT molecular complexity index is 950. The first-order valence-corrected chi connectivity index (χ1v) is 13.2. The summed E-state index contributed by atoms with van der Waals surface area (Å²) in [6.45, 7) is 12.2. The second-order valence-corrected chi connectivity index (χ2v) is 11.9. The Morgan fingerprint density at radius 2 is 2.12 bits per heavy atom. The molecule has 1 saturated carbocycles. The van der Waals surface area contributed by atoms with Crippen molar-refractivity contribution in [2.45, 2.75) is 97.1 Å². The Morgan fingerprint density at radius 3 is 2.81 bits per heavy atom. The van der Waals surface area contributed by atoms with Crippen LogP contribution in [0.2, 0.25) is 0 Å². The van der Waals surface area contributed by atoms with Gasteiger partial charge in [0, 0.05) is 46.9 Å². The molecule has 5 rings (SSSR count). The van der Waals surface area contributed by atoms with E-state index < -0.39 is 0 Å². The smallest absolute Gasteiger partial charge is 0.0969 e. The number of aliphatic hydroxyl groups excluding tert-OH is 1. The van der Waals surface area contributed by atoms with Gasteiger partial charge in [0.2, 0.25) is 0 Å². The predicted octanol–water partition coefficient (Wildman–Crippen LogP) is 4.15. The largest absolute Gasteiger partial charge is 0.392 e. The molecule has 0 bridgehead atoms. The van der Waals surface area contributed by atoms with E-state index in [4.69, 9.17) is 4.74 Å². The molecule has 1 saturated heterocycles. The van der Waals surface area contributed by atoms with Gasteiger partial charge in [-0.3, -0.25) is 9.58 Å². The topological polar surface area (TPSA) is 63.4 Å². The quantitative estimate of drug-likeness (QED) is 0.675. The van der Waals surface area contributed by atoms with Gasteiger partial charge in [-0.05, 0) is 56.6 Å². The third kappa shape index (κ3) is 4.06. The first-order valence-electron chi connectivity index (χ1n) is 12.4. The summed E-state index contributed by atoms with van der Waals surface area (Å²) in [6, 6.07) is 2.86. The lowest BCUT2D eigenvalue weighted by atomic mass is 9.79. The van der Waals surface area contributed by atoms with Crippen molar-refractivity contribution in [3.63, 3.8) is 0 Å². The van der Waals surface area contributed by atoms with Crippen LogP contribution in [0.1, 0.15) is 74.4 Å². The molecule has 0 aromatic carbocycles. The van der Waals surface area contributed by atoms with Crippen molar-refractivity contribution in [2.75, 3.05) is 13.2 Å². The molecule has 0 amide bonds. The summed E-state index contributed by atoms with van der Waals surface area (Å²) < 4.78 is 8.45. The zero-order chi connectivity index (χ0) is 22.5. The van der Waals surface area contributed by atoms with E-state index in [1.54, 1.807) is 4.88 Å². The number of likely N-dealkylation sites (tertiary alicyclic amines) is 1. The summed E-state index contributed by atoms with van der Waals surface area (Å²) in [5.41, 5.74) is 2.40. The lowest BCUT2D eigenvalue weighted by Gasteiger charge is -2.47. The Labute approximate surface area is 196 Å². The van der Waals surface area contributed by atoms with Crippen molar-refractivity contribution >= 4 is 11.3 Å². The van der Waals surface area contributed by atoms with Crippen molar-refractivity contribution in [3.05, 3.63) is 33.3 Å². The van der Waals surface area contributed by atoms with Crippen LogP contribution in [0.15, 0.2) is 12.3 Å². The van der Waals surface area contributed by atoms with Crippen LogP contribution >= 0.6 is 11.3 Å². The van der Waals surface area contributed by atoms with E-state index in [2.05, 4.69) is 55.2 Å². The number of rotatable bonds is 7. The van der Waals surface area contributed by atoms with E-state index >= 15 is 0 Å². The highest BCUT2D eigenvalue weighted by molar-refractivity contribution is 7.12. The van der Waals surface area contributed by atoms with Gasteiger partial charge in [-0.1, -0.05) is 26.0 Å². The van der Waals surface area contributed by atoms with Crippen molar-refractivity contribution in [3.8, 4) is 0 Å². The molecule has 7 heteroatoms. The van der Waals surface area contributed by atoms with Crippen LogP contribution in [-0.4, -0.2) is 50.3 Å². The molecule has 0 radical (unpaired) electrons. The van der Waals surface area contributed by atoms with Crippen LogP contribution in [0.5, 0.6) is 0 Å². The van der Waals surface area contributed by atoms with E-state index in [0.717, 1.165) is 70.5 Å². The zero-order valence-electron chi connectivity index (χ0n) is 20.0. The van der Waals surface area contributed by atoms with Gasteiger partial charge in [-0.15, -0.1) is 16.4 Å². The number of fused-ring (bicyclic) bond motifs is 2. The van der Waals surface area contributed by atoms with Gasteiger partial charge in [-0.25, -0.2) is 0 Å². The lowest BCUT2D eigenvalue weighted by Crippen LogP contribution is -2.50. The van der Waals surface area contributed by atoms with Gasteiger partial charge >= 0.3 is 0 Å². The van der Waals surface area contributed by atoms with E-state index in [0.29, 0.717) is 6.04 Å². The third-order valence-electron chi connectivity index (χ3n) is 8.04. The molecule has 1 spiro atoms. The molecule has 32 heavy (non-hydrogen) atoms. The zero-order valence-corrected chi connectivity index (χ0v) is 20.8. The SMILES string of the molecule is CCc1cc2c(s1)CCO[C@@]21CCN(Cc2cn(CC3(C(O)C(C)C)CC3)nn2)[C@@H](C)C1. The van der Waals surface area contributed by atoms with Crippen molar-refractivity contribution in [2.24, 2.45) is 11.3 Å². The summed E-state index contributed by atoms with van der Waals surface area (Å²) in [7, 11) is 0. The first-order chi connectivity index (χ1) is 15.3. The molecule has 3 aliphatic rings. The van der Waals surface area contributed by atoms with E-state index in [1.165, 1.54) is 10.4 Å². The first kappa shape index (κ1) is 22.5. The summed E-state index contributed by atoms with van der Waals surface area (Å²) in [5, 5.41) is 19.5. The number of thiophene rings is 1. The summed E-state index contributed by atoms with van der Waals surface area (Å²) >= 11 is 1.99. The van der Waals surface area contributed by atoms with Crippen LogP contribution in [0.25, 0.3) is 0 Å². The van der Waals surface area contributed by atoms with Crippen LogP contribution in [0.3, 0.4) is 0 Å². The molecule has 1 unspecified atom stereocenters. The molecular weight excluding hydrogens is 420 g/mol. The van der Waals surface area contributed by atoms with E-state index in [-0.39, 0.29) is 23.0 Å². The molecule has 176 valence electrons. The molecular formula is C25H38N4O2S. The Morgan fingerprint density at radius 1 is 1.31 bits per heavy atom. The average Bonchev–Trinajstić information content (AvgIpc) is 3.19. The van der Waals surface area contributed by atoms with Crippen LogP contribution in [0, 0.1) is 11.3 Å². The monoisotopic (exact) mass is 458 g/mol. The van der Waals surface area contributed by atoms with E-state index in [1.807, 2.05) is 16.0 Å². The minimum atomic E-state index is -0.265. The molecule has 2 fully saturated rings. The number of nitrogens with zero attached hydrogens (tertiary/aromatic N) is 4. The second-order valence-electron chi connectivity index (χ2n) is 10.7. The fourth-order valence-electron chi connectivity index (χ4n) is 5.94. The van der Waals surface area contributed by atoms with Crippen LogP contribution < -0.4 is 0 Å². The number of hydrogen-bond donors (Lipinski definition) is 1. The van der Waals surface area contributed by atoms with Crippen molar-refractivity contribution < 1.29 is 9.84 Å². The molecule has 6 nitrogen and oxygen atoms in total. The minimum absolute atomic E-state index is 0.00214. The summed E-state index contributed by atoms with van der Waals surface area (Å²) in [6.07, 6.45) is 8.25. The lowest BCUT2D eigenvalue weighted by molar-refractivity contribution is -0.112. The molecule has 3 atom stereocenters. The van der Waals surface area contributed by atoms with Crippen molar-refractivity contribution in [1.82, 2.24) is 19.9 Å². The molecule has 2 aromatic heterocycles. The molecule has 2 aromatic rings. The van der Waals surface area contributed by atoms with Gasteiger partial charge in [0.1, 0.15) is 0 Å². The highest BCUT2D eigenvalue weighted by atomic mass is 32.1. The van der Waals surface area contributed by atoms with Crippen molar-refractivity contribution in [1.29, 1.82) is 0 Å².